The summed E-state index contributed by atoms with van der Waals surface area (Å²) in [6, 6.07) is 7.33. The van der Waals surface area contributed by atoms with Crippen molar-refractivity contribution >= 4 is 17.8 Å². The molecule has 0 aliphatic heterocycles. The molecule has 0 aromatic heterocycles. The van der Waals surface area contributed by atoms with Crippen LogP contribution in [0.25, 0.3) is 0 Å². The third-order valence-electron chi connectivity index (χ3n) is 5.25. The standard InChI is InChI=1S/C22H29NO5/c1-5-28-20(25)14-17-10-12-22(3,13-11-17)21(26)23(16(2)24)15-18-6-8-19(27-4)9-7-18/h6-9,14H,5,10-13,15H2,1-4H3. The summed E-state index contributed by atoms with van der Waals surface area (Å²) in [4.78, 5) is 38.3. The van der Waals surface area contributed by atoms with Crippen molar-refractivity contribution in [1.29, 1.82) is 0 Å². The number of carbonyl (C=O) groups excluding carboxylic acids is 3. The van der Waals surface area contributed by atoms with Crippen LogP contribution in [0, 0.1) is 5.41 Å². The maximum atomic E-state index is 13.2. The number of esters is 1. The zero-order chi connectivity index (χ0) is 20.7. The average Bonchev–Trinajstić information content (AvgIpc) is 2.68. The molecule has 1 saturated carbocycles. The van der Waals surface area contributed by atoms with E-state index in [9.17, 15) is 14.4 Å². The van der Waals surface area contributed by atoms with Gasteiger partial charge < -0.3 is 9.47 Å². The summed E-state index contributed by atoms with van der Waals surface area (Å²) in [6.45, 7) is 5.67. The Balaban J connectivity index is 2.08. The van der Waals surface area contributed by atoms with Gasteiger partial charge in [0.05, 0.1) is 20.3 Å². The molecule has 1 aliphatic carbocycles. The summed E-state index contributed by atoms with van der Waals surface area (Å²) >= 11 is 0. The molecule has 0 unspecified atom stereocenters. The first-order chi connectivity index (χ1) is 13.3. The van der Waals surface area contributed by atoms with Crippen LogP contribution in [0.2, 0.25) is 0 Å². The number of amides is 2. The van der Waals surface area contributed by atoms with Crippen molar-refractivity contribution in [3.8, 4) is 5.75 Å². The van der Waals surface area contributed by atoms with Crippen LogP contribution in [-0.4, -0.2) is 36.4 Å². The SMILES string of the molecule is CCOC(=O)C=C1CCC(C)(C(=O)N(Cc2ccc(OC)cc2)C(C)=O)CC1. The monoisotopic (exact) mass is 387 g/mol. The van der Waals surface area contributed by atoms with Gasteiger partial charge in [0.1, 0.15) is 5.75 Å². The van der Waals surface area contributed by atoms with E-state index in [0.29, 0.717) is 32.3 Å². The van der Waals surface area contributed by atoms with Crippen molar-refractivity contribution in [2.75, 3.05) is 13.7 Å². The molecular weight excluding hydrogens is 358 g/mol. The summed E-state index contributed by atoms with van der Waals surface area (Å²) in [5.74, 6) is -0.0391. The fourth-order valence-corrected chi connectivity index (χ4v) is 3.40. The Morgan fingerprint density at radius 3 is 2.25 bits per heavy atom. The van der Waals surface area contributed by atoms with Gasteiger partial charge >= 0.3 is 5.97 Å². The third kappa shape index (κ3) is 5.44. The highest BCUT2D eigenvalue weighted by Crippen LogP contribution is 2.40. The van der Waals surface area contributed by atoms with Crippen molar-refractivity contribution in [3.63, 3.8) is 0 Å². The van der Waals surface area contributed by atoms with E-state index >= 15 is 0 Å². The molecule has 0 radical (unpaired) electrons. The second-order valence-electron chi connectivity index (χ2n) is 7.37. The predicted molar refractivity (Wildman–Crippen MR) is 106 cm³/mol. The Morgan fingerprint density at radius 2 is 1.75 bits per heavy atom. The number of nitrogens with zero attached hydrogens (tertiary/aromatic N) is 1. The van der Waals surface area contributed by atoms with Crippen LogP contribution in [0.1, 0.15) is 52.0 Å². The molecular formula is C22H29NO5. The number of carbonyl (C=O) groups is 3. The van der Waals surface area contributed by atoms with Crippen LogP contribution in [0.4, 0.5) is 0 Å². The molecule has 0 N–H and O–H groups in total. The van der Waals surface area contributed by atoms with Crippen LogP contribution in [-0.2, 0) is 25.7 Å². The van der Waals surface area contributed by atoms with Gasteiger partial charge in [0.25, 0.3) is 0 Å². The van der Waals surface area contributed by atoms with Gasteiger partial charge in [-0.05, 0) is 50.3 Å². The molecule has 6 heteroatoms. The zero-order valence-electron chi connectivity index (χ0n) is 17.1. The lowest BCUT2D eigenvalue weighted by Crippen LogP contribution is -2.45. The van der Waals surface area contributed by atoms with Crippen LogP contribution in [0.5, 0.6) is 5.75 Å². The Kier molecular flexibility index (Phi) is 7.38. The molecule has 1 aliphatic rings. The molecule has 28 heavy (non-hydrogen) atoms. The van der Waals surface area contributed by atoms with Crippen molar-refractivity contribution in [1.82, 2.24) is 4.90 Å². The van der Waals surface area contributed by atoms with Gasteiger partial charge in [0, 0.05) is 18.4 Å². The number of rotatable bonds is 6. The minimum Gasteiger partial charge on any atom is -0.497 e. The number of imide groups is 1. The van der Waals surface area contributed by atoms with E-state index in [0.717, 1.165) is 16.9 Å². The first-order valence-corrected chi connectivity index (χ1v) is 9.60. The molecule has 1 fully saturated rings. The van der Waals surface area contributed by atoms with E-state index in [-0.39, 0.29) is 24.3 Å². The number of ether oxygens (including phenoxy) is 2. The Labute approximate surface area is 166 Å². The van der Waals surface area contributed by atoms with Crippen molar-refractivity contribution in [3.05, 3.63) is 41.5 Å². The van der Waals surface area contributed by atoms with Gasteiger partial charge in [0.15, 0.2) is 0 Å². The molecule has 0 atom stereocenters. The normalized spacial score (nSPS) is 18.9. The summed E-state index contributed by atoms with van der Waals surface area (Å²) < 4.78 is 10.1. The first-order valence-electron chi connectivity index (χ1n) is 9.60. The Hall–Kier alpha value is -2.63. The van der Waals surface area contributed by atoms with Crippen molar-refractivity contribution in [2.24, 2.45) is 5.41 Å². The summed E-state index contributed by atoms with van der Waals surface area (Å²) in [6.07, 6.45) is 4.03. The minimum atomic E-state index is -0.621. The molecule has 2 rings (SSSR count). The molecule has 1 aromatic carbocycles. The summed E-state index contributed by atoms with van der Waals surface area (Å²) in [7, 11) is 1.59. The van der Waals surface area contributed by atoms with Gasteiger partial charge in [-0.25, -0.2) is 4.79 Å². The van der Waals surface area contributed by atoms with Crippen LogP contribution < -0.4 is 4.74 Å². The Morgan fingerprint density at radius 1 is 1.14 bits per heavy atom. The number of methoxy groups -OCH3 is 1. The molecule has 2 amide bonds. The highest BCUT2D eigenvalue weighted by Gasteiger charge is 2.40. The Bertz CT molecular complexity index is 741. The average molecular weight is 387 g/mol. The van der Waals surface area contributed by atoms with E-state index in [2.05, 4.69) is 0 Å². The van der Waals surface area contributed by atoms with Crippen molar-refractivity contribution in [2.45, 2.75) is 53.0 Å². The van der Waals surface area contributed by atoms with E-state index in [1.165, 1.54) is 17.9 Å². The maximum absolute atomic E-state index is 13.2. The smallest absolute Gasteiger partial charge is 0.330 e. The highest BCUT2D eigenvalue weighted by molar-refractivity contribution is 5.97. The molecule has 1 aromatic rings. The fraction of sp³-hybridized carbons (Fsp3) is 0.500. The minimum absolute atomic E-state index is 0.161. The number of hydrogen-bond acceptors (Lipinski definition) is 5. The van der Waals surface area contributed by atoms with Crippen LogP contribution in [0.15, 0.2) is 35.9 Å². The molecule has 0 spiro atoms. The number of allylic oxidation sites excluding steroid dienone is 1. The van der Waals surface area contributed by atoms with Gasteiger partial charge in [-0.3, -0.25) is 14.5 Å². The quantitative estimate of drug-likeness (QED) is 0.550. The lowest BCUT2D eigenvalue weighted by atomic mass is 9.72. The van der Waals surface area contributed by atoms with E-state index in [4.69, 9.17) is 9.47 Å². The maximum Gasteiger partial charge on any atom is 0.330 e. The highest BCUT2D eigenvalue weighted by atomic mass is 16.5. The number of hydrogen-bond donors (Lipinski definition) is 0. The topological polar surface area (TPSA) is 72.9 Å². The molecule has 6 nitrogen and oxygen atoms in total. The van der Waals surface area contributed by atoms with Gasteiger partial charge in [-0.2, -0.15) is 0 Å². The van der Waals surface area contributed by atoms with Gasteiger partial charge in [-0.1, -0.05) is 24.6 Å². The lowest BCUT2D eigenvalue weighted by molar-refractivity contribution is -0.152. The number of benzene rings is 1. The second kappa shape index (κ2) is 9.53. The van der Waals surface area contributed by atoms with Crippen molar-refractivity contribution < 1.29 is 23.9 Å². The summed E-state index contributed by atoms with van der Waals surface area (Å²) in [5, 5.41) is 0. The van der Waals surface area contributed by atoms with Crippen LogP contribution >= 0.6 is 0 Å². The molecule has 0 saturated heterocycles. The molecule has 0 bridgehead atoms. The zero-order valence-corrected chi connectivity index (χ0v) is 17.1. The fourth-order valence-electron chi connectivity index (χ4n) is 3.40. The molecule has 152 valence electrons. The van der Waals surface area contributed by atoms with Gasteiger partial charge in [0.2, 0.25) is 11.8 Å². The van der Waals surface area contributed by atoms with E-state index in [1.807, 2.05) is 31.2 Å². The first kappa shape index (κ1) is 21.7. The second-order valence-corrected chi connectivity index (χ2v) is 7.37. The van der Waals surface area contributed by atoms with E-state index < -0.39 is 5.41 Å². The largest absolute Gasteiger partial charge is 0.497 e. The third-order valence-corrected chi connectivity index (χ3v) is 5.25. The summed E-state index contributed by atoms with van der Waals surface area (Å²) in [5.41, 5.74) is 1.24. The van der Waals surface area contributed by atoms with Gasteiger partial charge in [-0.15, -0.1) is 0 Å². The lowest BCUT2D eigenvalue weighted by Gasteiger charge is -2.36. The van der Waals surface area contributed by atoms with Crippen LogP contribution in [0.3, 0.4) is 0 Å². The predicted octanol–water partition coefficient (Wildman–Crippen LogP) is 3.64. The van der Waals surface area contributed by atoms with E-state index in [1.54, 1.807) is 14.0 Å². The molecule has 0 heterocycles.